The minimum atomic E-state index is 0.304. The first-order chi connectivity index (χ1) is 8.35. The second-order valence-corrected chi connectivity index (χ2v) is 5.38. The SMILES string of the molecule is OCCN1C[C@H]1CCCCC[C@@H]1CN1CCO. The maximum absolute atomic E-state index is 8.78. The van der Waals surface area contributed by atoms with Crippen LogP contribution >= 0.6 is 0 Å². The Balaban J connectivity index is 1.36. The number of aliphatic hydroxyl groups is 2. The van der Waals surface area contributed by atoms with Crippen LogP contribution in [-0.2, 0) is 0 Å². The Bertz CT molecular complexity index is 203. The molecule has 17 heavy (non-hydrogen) atoms. The lowest BCUT2D eigenvalue weighted by atomic mass is 10.1. The molecule has 0 saturated carbocycles. The number of rotatable bonds is 10. The minimum Gasteiger partial charge on any atom is -0.395 e. The first-order valence-corrected chi connectivity index (χ1v) is 7.05. The van der Waals surface area contributed by atoms with Crippen LogP contribution in [0.25, 0.3) is 0 Å². The molecule has 2 fully saturated rings. The van der Waals surface area contributed by atoms with Gasteiger partial charge in [0, 0.05) is 38.3 Å². The van der Waals surface area contributed by atoms with Gasteiger partial charge in [-0.05, 0) is 12.8 Å². The zero-order valence-electron chi connectivity index (χ0n) is 10.7. The van der Waals surface area contributed by atoms with Gasteiger partial charge in [-0.15, -0.1) is 0 Å². The summed E-state index contributed by atoms with van der Waals surface area (Å²) in [7, 11) is 0. The van der Waals surface area contributed by atoms with Crippen molar-refractivity contribution in [2.75, 3.05) is 39.4 Å². The van der Waals surface area contributed by atoms with Crippen LogP contribution in [0.5, 0.6) is 0 Å². The van der Waals surface area contributed by atoms with E-state index in [2.05, 4.69) is 9.80 Å². The number of unbranched alkanes of at least 4 members (excludes halogenated alkanes) is 2. The van der Waals surface area contributed by atoms with Gasteiger partial charge in [-0.3, -0.25) is 9.80 Å². The molecule has 4 nitrogen and oxygen atoms in total. The average Bonchev–Trinajstić information content (AvgIpc) is 3.19. The number of hydrogen-bond donors (Lipinski definition) is 2. The molecule has 0 amide bonds. The number of β-amino-alcohol motifs (C(OH)–C–C–N with tert-alkyl or cyclic N) is 2. The van der Waals surface area contributed by atoms with Crippen molar-refractivity contribution in [3.63, 3.8) is 0 Å². The van der Waals surface area contributed by atoms with Crippen molar-refractivity contribution < 1.29 is 10.2 Å². The van der Waals surface area contributed by atoms with Crippen LogP contribution in [0.15, 0.2) is 0 Å². The highest BCUT2D eigenvalue weighted by Crippen LogP contribution is 2.25. The van der Waals surface area contributed by atoms with E-state index in [-0.39, 0.29) is 0 Å². The van der Waals surface area contributed by atoms with Crippen molar-refractivity contribution >= 4 is 0 Å². The fraction of sp³-hybridized carbons (Fsp3) is 1.00. The van der Waals surface area contributed by atoms with E-state index in [4.69, 9.17) is 10.2 Å². The molecule has 0 radical (unpaired) electrons. The van der Waals surface area contributed by atoms with Crippen LogP contribution in [0, 0.1) is 0 Å². The molecule has 0 aromatic rings. The van der Waals surface area contributed by atoms with Gasteiger partial charge < -0.3 is 10.2 Å². The first-order valence-electron chi connectivity index (χ1n) is 7.05. The van der Waals surface area contributed by atoms with Crippen molar-refractivity contribution in [2.24, 2.45) is 0 Å². The van der Waals surface area contributed by atoms with Crippen molar-refractivity contribution in [1.29, 1.82) is 0 Å². The summed E-state index contributed by atoms with van der Waals surface area (Å²) in [5.41, 5.74) is 0. The van der Waals surface area contributed by atoms with Gasteiger partial charge in [-0.1, -0.05) is 19.3 Å². The fourth-order valence-corrected chi connectivity index (χ4v) is 2.74. The Hall–Kier alpha value is -0.160. The van der Waals surface area contributed by atoms with E-state index in [9.17, 15) is 0 Å². The van der Waals surface area contributed by atoms with Crippen LogP contribution in [0.3, 0.4) is 0 Å². The minimum absolute atomic E-state index is 0.304. The zero-order valence-corrected chi connectivity index (χ0v) is 10.7. The number of nitrogens with zero attached hydrogens (tertiary/aromatic N) is 2. The van der Waals surface area contributed by atoms with Crippen molar-refractivity contribution in [3.8, 4) is 0 Å². The summed E-state index contributed by atoms with van der Waals surface area (Å²) in [4.78, 5) is 4.70. The molecule has 4 atom stereocenters. The van der Waals surface area contributed by atoms with E-state index < -0.39 is 0 Å². The highest BCUT2D eigenvalue weighted by atomic mass is 16.3. The average molecular weight is 242 g/mol. The molecule has 2 heterocycles. The Labute approximate surface area is 104 Å². The van der Waals surface area contributed by atoms with Gasteiger partial charge in [0.25, 0.3) is 0 Å². The van der Waals surface area contributed by atoms with Gasteiger partial charge in [0.1, 0.15) is 0 Å². The second-order valence-electron chi connectivity index (χ2n) is 5.38. The molecule has 4 heteroatoms. The third kappa shape index (κ3) is 4.54. The third-order valence-corrected chi connectivity index (χ3v) is 4.01. The second kappa shape index (κ2) is 6.69. The predicted molar refractivity (Wildman–Crippen MR) is 68.0 cm³/mol. The van der Waals surface area contributed by atoms with E-state index in [0.29, 0.717) is 13.2 Å². The molecule has 2 saturated heterocycles. The van der Waals surface area contributed by atoms with Gasteiger partial charge >= 0.3 is 0 Å². The molecule has 0 spiro atoms. The van der Waals surface area contributed by atoms with Crippen LogP contribution < -0.4 is 0 Å². The Morgan fingerprint density at radius 3 is 1.65 bits per heavy atom. The standard InChI is InChI=1S/C13H26N2O2/c16-8-6-14-10-12(14)4-2-1-3-5-13-11-15(13)7-9-17/h12-13,16-17H,1-11H2/t12-,13-,14?,15?/m1/s1. The van der Waals surface area contributed by atoms with Gasteiger partial charge in [0.2, 0.25) is 0 Å². The number of aliphatic hydroxyl groups excluding tert-OH is 2. The maximum Gasteiger partial charge on any atom is 0.0558 e. The molecular weight excluding hydrogens is 216 g/mol. The molecule has 2 rings (SSSR count). The van der Waals surface area contributed by atoms with Crippen LogP contribution in [-0.4, -0.2) is 71.5 Å². The molecular formula is C13H26N2O2. The molecule has 2 aliphatic rings. The predicted octanol–water partition coefficient (Wildman–Crippen LogP) is 0.290. The summed E-state index contributed by atoms with van der Waals surface area (Å²) >= 11 is 0. The zero-order chi connectivity index (χ0) is 12.1. The lowest BCUT2D eigenvalue weighted by Crippen LogP contribution is -2.08. The van der Waals surface area contributed by atoms with Crippen molar-refractivity contribution in [2.45, 2.75) is 44.2 Å². The summed E-state index contributed by atoms with van der Waals surface area (Å²) in [6, 6.07) is 1.54. The van der Waals surface area contributed by atoms with E-state index >= 15 is 0 Å². The third-order valence-electron chi connectivity index (χ3n) is 4.01. The van der Waals surface area contributed by atoms with Crippen molar-refractivity contribution in [1.82, 2.24) is 9.80 Å². The first kappa shape index (κ1) is 13.3. The summed E-state index contributed by atoms with van der Waals surface area (Å²) in [6.45, 7) is 4.74. The van der Waals surface area contributed by atoms with Gasteiger partial charge in [-0.2, -0.15) is 0 Å². The largest absolute Gasteiger partial charge is 0.395 e. The Morgan fingerprint density at radius 1 is 0.765 bits per heavy atom. The number of hydrogen-bond acceptors (Lipinski definition) is 4. The molecule has 2 aliphatic heterocycles. The van der Waals surface area contributed by atoms with Crippen molar-refractivity contribution in [3.05, 3.63) is 0 Å². The molecule has 2 unspecified atom stereocenters. The van der Waals surface area contributed by atoms with Crippen LogP contribution in [0.2, 0.25) is 0 Å². The van der Waals surface area contributed by atoms with Gasteiger partial charge in [0.15, 0.2) is 0 Å². The molecule has 100 valence electrons. The van der Waals surface area contributed by atoms with Crippen LogP contribution in [0.4, 0.5) is 0 Å². The topological polar surface area (TPSA) is 46.5 Å². The normalized spacial score (nSPS) is 34.9. The molecule has 2 N–H and O–H groups in total. The quantitative estimate of drug-likeness (QED) is 0.427. The summed E-state index contributed by atoms with van der Waals surface area (Å²) in [6.07, 6.45) is 6.63. The van der Waals surface area contributed by atoms with Crippen LogP contribution in [0.1, 0.15) is 32.1 Å². The van der Waals surface area contributed by atoms with E-state index in [1.54, 1.807) is 0 Å². The summed E-state index contributed by atoms with van der Waals surface area (Å²) in [5.74, 6) is 0. The molecule has 0 aromatic heterocycles. The highest BCUT2D eigenvalue weighted by molar-refractivity contribution is 4.89. The summed E-state index contributed by atoms with van der Waals surface area (Å²) in [5, 5.41) is 17.6. The lowest BCUT2D eigenvalue weighted by Gasteiger charge is -2.03. The fourth-order valence-electron chi connectivity index (χ4n) is 2.74. The smallest absolute Gasteiger partial charge is 0.0558 e. The molecule has 0 bridgehead atoms. The Morgan fingerprint density at radius 2 is 1.24 bits per heavy atom. The molecule has 0 aliphatic carbocycles. The van der Waals surface area contributed by atoms with E-state index in [1.807, 2.05) is 0 Å². The van der Waals surface area contributed by atoms with E-state index in [1.165, 1.54) is 45.2 Å². The molecule has 0 aromatic carbocycles. The van der Waals surface area contributed by atoms with Gasteiger partial charge in [0.05, 0.1) is 13.2 Å². The van der Waals surface area contributed by atoms with Gasteiger partial charge in [-0.25, -0.2) is 0 Å². The maximum atomic E-state index is 8.78. The lowest BCUT2D eigenvalue weighted by molar-refractivity contribution is 0.262. The Kier molecular flexibility index (Phi) is 5.22. The van der Waals surface area contributed by atoms with E-state index in [0.717, 1.165) is 25.2 Å². The monoisotopic (exact) mass is 242 g/mol. The summed E-state index contributed by atoms with van der Waals surface area (Å²) < 4.78 is 0. The highest BCUT2D eigenvalue weighted by Gasteiger charge is 2.33.